The number of guanidine groups is 1. The highest BCUT2D eigenvalue weighted by Gasteiger charge is 2.36. The molecule has 1 amide bonds. The van der Waals surface area contributed by atoms with E-state index in [0.29, 0.717) is 19.1 Å². The monoisotopic (exact) mass is 457 g/mol. The van der Waals surface area contributed by atoms with Gasteiger partial charge in [-0.1, -0.05) is 0 Å². The van der Waals surface area contributed by atoms with E-state index in [1.807, 2.05) is 17.3 Å². The van der Waals surface area contributed by atoms with Crippen LogP contribution in [0.1, 0.15) is 30.9 Å². The Balaban J connectivity index is 0.00000225. The number of halogens is 1. The van der Waals surface area contributed by atoms with Gasteiger partial charge >= 0.3 is 0 Å². The van der Waals surface area contributed by atoms with Gasteiger partial charge in [0, 0.05) is 44.6 Å². The zero-order valence-corrected chi connectivity index (χ0v) is 17.4. The Hall–Kier alpha value is -1.38. The first kappa shape index (κ1) is 19.9. The van der Waals surface area contributed by atoms with Crippen LogP contribution >= 0.6 is 24.0 Å². The third kappa shape index (κ3) is 5.29. The van der Waals surface area contributed by atoms with Crippen LogP contribution in [0.4, 0.5) is 0 Å². The first-order valence-electron chi connectivity index (χ1n) is 8.91. The molecule has 1 N–H and O–H groups in total. The Labute approximate surface area is 167 Å². The minimum Gasteiger partial charge on any atom is -0.357 e. The van der Waals surface area contributed by atoms with Crippen molar-refractivity contribution in [1.82, 2.24) is 20.1 Å². The number of hydrogen-bond donors (Lipinski definition) is 1. The summed E-state index contributed by atoms with van der Waals surface area (Å²) in [5.41, 5.74) is 2.48. The van der Waals surface area contributed by atoms with E-state index in [2.05, 4.69) is 35.1 Å². The summed E-state index contributed by atoms with van der Waals surface area (Å²) < 4.78 is 0. The van der Waals surface area contributed by atoms with Crippen LogP contribution in [0.3, 0.4) is 0 Å². The molecule has 0 aromatic carbocycles. The van der Waals surface area contributed by atoms with Gasteiger partial charge in [0.1, 0.15) is 0 Å². The highest BCUT2D eigenvalue weighted by Crippen LogP contribution is 2.28. The number of nitrogens with one attached hydrogen (secondary N) is 1. The number of carbonyl (C=O) groups excluding carboxylic acids is 1. The molecular weight excluding hydrogens is 429 g/mol. The molecule has 0 unspecified atom stereocenters. The predicted molar refractivity (Wildman–Crippen MR) is 110 cm³/mol. The topological polar surface area (TPSA) is 60.8 Å². The second-order valence-corrected chi connectivity index (χ2v) is 6.53. The lowest BCUT2D eigenvalue weighted by atomic mass is 10.1. The van der Waals surface area contributed by atoms with Crippen molar-refractivity contribution < 1.29 is 4.79 Å². The molecule has 0 atom stereocenters. The highest BCUT2D eigenvalue weighted by atomic mass is 127. The largest absolute Gasteiger partial charge is 0.357 e. The van der Waals surface area contributed by atoms with Crippen LogP contribution in [0, 0.1) is 6.92 Å². The molecule has 0 spiro atoms. The number of piperazine rings is 1. The number of amides is 1. The summed E-state index contributed by atoms with van der Waals surface area (Å²) in [5.74, 6) is 1.09. The Morgan fingerprint density at radius 1 is 1.40 bits per heavy atom. The van der Waals surface area contributed by atoms with Gasteiger partial charge in [-0.05, 0) is 50.3 Å². The van der Waals surface area contributed by atoms with Crippen LogP contribution in [-0.4, -0.2) is 65.4 Å². The van der Waals surface area contributed by atoms with Gasteiger partial charge in [0.2, 0.25) is 5.91 Å². The van der Waals surface area contributed by atoms with Gasteiger partial charge in [-0.25, -0.2) is 0 Å². The molecule has 1 aliphatic heterocycles. The molecule has 7 heteroatoms. The summed E-state index contributed by atoms with van der Waals surface area (Å²) in [6, 6.07) is 2.56. The number of rotatable bonds is 5. The number of aliphatic imine (C=N–C) groups is 1. The zero-order chi connectivity index (χ0) is 16.9. The maximum Gasteiger partial charge on any atom is 0.242 e. The van der Waals surface area contributed by atoms with Gasteiger partial charge in [-0.15, -0.1) is 24.0 Å². The molecule has 1 aromatic rings. The van der Waals surface area contributed by atoms with E-state index in [0.717, 1.165) is 32.0 Å². The van der Waals surface area contributed by atoms with Gasteiger partial charge in [-0.3, -0.25) is 14.8 Å². The van der Waals surface area contributed by atoms with Crippen LogP contribution in [0.15, 0.2) is 23.5 Å². The van der Waals surface area contributed by atoms with Gasteiger partial charge in [0.25, 0.3) is 0 Å². The number of hydrogen-bond acceptors (Lipinski definition) is 3. The minimum absolute atomic E-state index is 0. The minimum atomic E-state index is 0. The van der Waals surface area contributed by atoms with Gasteiger partial charge in [0.05, 0.1) is 6.54 Å². The van der Waals surface area contributed by atoms with Crippen molar-refractivity contribution in [2.45, 2.75) is 39.2 Å². The van der Waals surface area contributed by atoms with Crippen molar-refractivity contribution >= 4 is 35.8 Å². The van der Waals surface area contributed by atoms with Crippen molar-refractivity contribution in [2.75, 3.05) is 32.7 Å². The molecule has 0 bridgehead atoms. The summed E-state index contributed by atoms with van der Waals surface area (Å²) in [7, 11) is 0. The SMILES string of the molecule is CCNC(=NCCc1ccncc1C)N1CCN(C2CC2)C(=O)C1.I. The second-order valence-electron chi connectivity index (χ2n) is 6.53. The molecule has 1 saturated carbocycles. The summed E-state index contributed by atoms with van der Waals surface area (Å²) in [6.07, 6.45) is 6.95. The molecular formula is C18H28IN5O. The number of aromatic nitrogens is 1. The summed E-state index contributed by atoms with van der Waals surface area (Å²) >= 11 is 0. The molecule has 1 aliphatic carbocycles. The summed E-state index contributed by atoms with van der Waals surface area (Å²) in [5, 5.41) is 3.33. The van der Waals surface area contributed by atoms with Gasteiger partial charge in [0.15, 0.2) is 5.96 Å². The lowest BCUT2D eigenvalue weighted by Gasteiger charge is -2.36. The molecule has 0 radical (unpaired) electrons. The number of carbonyl (C=O) groups is 1. The standard InChI is InChI=1S/C18H27N5O.HI/c1-3-20-18(21-9-7-15-6-8-19-12-14(15)2)22-10-11-23(16-4-5-16)17(24)13-22;/h6,8,12,16H,3-5,7,9-11,13H2,1-2H3,(H,20,21);1H. The van der Waals surface area contributed by atoms with Crippen molar-refractivity contribution in [3.8, 4) is 0 Å². The van der Waals surface area contributed by atoms with E-state index < -0.39 is 0 Å². The third-order valence-electron chi connectivity index (χ3n) is 4.66. The lowest BCUT2D eigenvalue weighted by Crippen LogP contribution is -2.55. The third-order valence-corrected chi connectivity index (χ3v) is 4.66. The molecule has 1 saturated heterocycles. The van der Waals surface area contributed by atoms with E-state index >= 15 is 0 Å². The van der Waals surface area contributed by atoms with Crippen LogP contribution < -0.4 is 5.32 Å². The van der Waals surface area contributed by atoms with E-state index in [-0.39, 0.29) is 29.9 Å². The molecule has 25 heavy (non-hydrogen) atoms. The predicted octanol–water partition coefficient (Wildman–Crippen LogP) is 1.82. The normalized spacial score (nSPS) is 18.2. The van der Waals surface area contributed by atoms with Gasteiger partial charge < -0.3 is 15.1 Å². The van der Waals surface area contributed by atoms with Crippen LogP contribution in [0.25, 0.3) is 0 Å². The van der Waals surface area contributed by atoms with E-state index in [1.165, 1.54) is 24.0 Å². The summed E-state index contributed by atoms with van der Waals surface area (Å²) in [6.45, 7) is 7.78. The number of aryl methyl sites for hydroxylation is 1. The maximum absolute atomic E-state index is 12.3. The number of pyridine rings is 1. The fraction of sp³-hybridized carbons (Fsp3) is 0.611. The van der Waals surface area contributed by atoms with E-state index in [4.69, 9.17) is 4.99 Å². The van der Waals surface area contributed by atoms with Crippen molar-refractivity contribution in [1.29, 1.82) is 0 Å². The van der Waals surface area contributed by atoms with E-state index in [1.54, 1.807) is 0 Å². The quantitative estimate of drug-likeness (QED) is 0.417. The first-order valence-corrected chi connectivity index (χ1v) is 8.91. The molecule has 2 fully saturated rings. The lowest BCUT2D eigenvalue weighted by molar-refractivity contribution is -0.135. The molecule has 1 aromatic heterocycles. The van der Waals surface area contributed by atoms with Crippen molar-refractivity contribution in [3.05, 3.63) is 29.6 Å². The average Bonchev–Trinajstić information content (AvgIpc) is 3.40. The fourth-order valence-electron chi connectivity index (χ4n) is 3.13. The van der Waals surface area contributed by atoms with Crippen LogP contribution in [-0.2, 0) is 11.2 Å². The van der Waals surface area contributed by atoms with Crippen molar-refractivity contribution in [3.63, 3.8) is 0 Å². The van der Waals surface area contributed by atoms with Crippen molar-refractivity contribution in [2.24, 2.45) is 4.99 Å². The Morgan fingerprint density at radius 2 is 2.20 bits per heavy atom. The van der Waals surface area contributed by atoms with Gasteiger partial charge in [-0.2, -0.15) is 0 Å². The first-order chi connectivity index (χ1) is 11.7. The van der Waals surface area contributed by atoms with Crippen LogP contribution in [0.5, 0.6) is 0 Å². The Kier molecular flexibility index (Phi) is 7.46. The van der Waals surface area contributed by atoms with E-state index in [9.17, 15) is 4.79 Å². The molecule has 2 heterocycles. The van der Waals surface area contributed by atoms with Crippen LogP contribution in [0.2, 0.25) is 0 Å². The maximum atomic E-state index is 12.3. The molecule has 6 nitrogen and oxygen atoms in total. The zero-order valence-electron chi connectivity index (χ0n) is 15.1. The molecule has 2 aliphatic rings. The Morgan fingerprint density at radius 3 is 2.84 bits per heavy atom. The second kappa shape index (κ2) is 9.35. The average molecular weight is 457 g/mol. The molecule has 138 valence electrons. The smallest absolute Gasteiger partial charge is 0.242 e. The number of nitrogens with zero attached hydrogens (tertiary/aromatic N) is 4. The summed E-state index contributed by atoms with van der Waals surface area (Å²) in [4.78, 5) is 25.3. The Bertz CT molecular complexity index is 617. The fourth-order valence-corrected chi connectivity index (χ4v) is 3.13. The highest BCUT2D eigenvalue weighted by molar-refractivity contribution is 14.0. The molecule has 3 rings (SSSR count).